The number of rotatable bonds is 3. The highest BCUT2D eigenvalue weighted by Gasteiger charge is 2.43. The number of carbonyl (C=O) groups excluding carboxylic acids is 1. The molecule has 0 spiro atoms. The van der Waals surface area contributed by atoms with Gasteiger partial charge in [0.25, 0.3) is 0 Å². The molecule has 2 heterocycles. The monoisotopic (exact) mass is 282 g/mol. The smallest absolute Gasteiger partial charge is 0.329 e. The van der Waals surface area contributed by atoms with E-state index in [-0.39, 0.29) is 6.54 Å². The van der Waals surface area contributed by atoms with E-state index in [0.717, 1.165) is 12.8 Å². The van der Waals surface area contributed by atoms with Crippen LogP contribution in [0.3, 0.4) is 0 Å². The fourth-order valence-electron chi connectivity index (χ4n) is 2.33. The van der Waals surface area contributed by atoms with Crippen molar-refractivity contribution >= 4 is 12.0 Å². The first-order valence-electron chi connectivity index (χ1n) is 6.51. The summed E-state index contributed by atoms with van der Waals surface area (Å²) >= 11 is 0. The van der Waals surface area contributed by atoms with Gasteiger partial charge < -0.3 is 19.8 Å². The predicted molar refractivity (Wildman–Crippen MR) is 67.9 cm³/mol. The van der Waals surface area contributed by atoms with E-state index in [1.807, 2.05) is 0 Å². The van der Waals surface area contributed by atoms with Crippen molar-refractivity contribution in [3.05, 3.63) is 11.7 Å². The molecule has 0 bridgehead atoms. The van der Waals surface area contributed by atoms with E-state index >= 15 is 0 Å². The Morgan fingerprint density at radius 2 is 2.25 bits per heavy atom. The zero-order valence-electron chi connectivity index (χ0n) is 11.5. The Bertz CT molecular complexity index is 515. The molecule has 8 nitrogen and oxygen atoms in total. The number of aryl methyl sites for hydroxylation is 1. The Labute approximate surface area is 116 Å². The molecule has 0 aliphatic carbocycles. The van der Waals surface area contributed by atoms with Gasteiger partial charge in [0, 0.05) is 13.5 Å². The minimum Gasteiger partial charge on any atom is -0.480 e. The number of hydrogen-bond acceptors (Lipinski definition) is 5. The maximum absolute atomic E-state index is 12.2. The van der Waals surface area contributed by atoms with E-state index in [1.165, 1.54) is 4.90 Å². The van der Waals surface area contributed by atoms with Crippen molar-refractivity contribution in [2.45, 2.75) is 45.2 Å². The molecule has 2 amide bonds. The number of likely N-dealkylation sites (tertiary alicyclic amines) is 1. The lowest BCUT2D eigenvalue weighted by Crippen LogP contribution is -2.59. The lowest BCUT2D eigenvalue weighted by atomic mass is 9.89. The van der Waals surface area contributed by atoms with Gasteiger partial charge in [-0.25, -0.2) is 9.59 Å². The first kappa shape index (κ1) is 14.3. The van der Waals surface area contributed by atoms with Gasteiger partial charge in [-0.05, 0) is 26.2 Å². The van der Waals surface area contributed by atoms with Gasteiger partial charge in [-0.1, -0.05) is 5.16 Å². The Hall–Kier alpha value is -2.12. The molecule has 0 aromatic carbocycles. The van der Waals surface area contributed by atoms with E-state index in [1.54, 1.807) is 13.8 Å². The second-order valence-electron chi connectivity index (χ2n) is 5.08. The number of amides is 2. The molecular formula is C12H18N4O4. The van der Waals surface area contributed by atoms with Gasteiger partial charge in [-0.2, -0.15) is 4.98 Å². The first-order valence-corrected chi connectivity index (χ1v) is 6.51. The van der Waals surface area contributed by atoms with Crippen molar-refractivity contribution < 1.29 is 19.2 Å². The summed E-state index contributed by atoms with van der Waals surface area (Å²) in [4.78, 5) is 28.9. The van der Waals surface area contributed by atoms with Crippen LogP contribution in [0.2, 0.25) is 0 Å². The van der Waals surface area contributed by atoms with Crippen molar-refractivity contribution in [2.75, 3.05) is 6.54 Å². The van der Waals surface area contributed by atoms with Crippen molar-refractivity contribution in [2.24, 2.45) is 0 Å². The fraction of sp³-hybridized carbons (Fsp3) is 0.667. The number of aromatic nitrogens is 2. The van der Waals surface area contributed by atoms with Crippen LogP contribution in [0, 0.1) is 6.92 Å². The van der Waals surface area contributed by atoms with Crippen LogP contribution in [-0.2, 0) is 11.3 Å². The molecule has 2 N–H and O–H groups in total. The zero-order chi connectivity index (χ0) is 14.8. The molecule has 1 aromatic heterocycles. The molecule has 1 aromatic rings. The summed E-state index contributed by atoms with van der Waals surface area (Å²) in [6.07, 6.45) is 2.06. The number of nitrogens with one attached hydrogen (secondary N) is 1. The Kier molecular flexibility index (Phi) is 3.91. The molecule has 1 atom stereocenters. The summed E-state index contributed by atoms with van der Waals surface area (Å²) in [6, 6.07) is -0.419. The normalized spacial score (nSPS) is 22.6. The number of aliphatic carboxylic acids is 1. The number of carboxylic acid groups (broad SMARTS) is 1. The Balaban J connectivity index is 2.01. The lowest BCUT2D eigenvalue weighted by Gasteiger charge is -2.41. The second-order valence-corrected chi connectivity index (χ2v) is 5.08. The molecule has 0 saturated carbocycles. The molecule has 8 heteroatoms. The molecule has 1 aliphatic rings. The van der Waals surface area contributed by atoms with E-state index < -0.39 is 17.5 Å². The van der Waals surface area contributed by atoms with Crippen molar-refractivity contribution in [1.82, 2.24) is 20.4 Å². The fourth-order valence-corrected chi connectivity index (χ4v) is 2.33. The van der Waals surface area contributed by atoms with Gasteiger partial charge in [0.15, 0.2) is 5.82 Å². The largest absolute Gasteiger partial charge is 0.480 e. The number of carboxylic acids is 1. The lowest BCUT2D eigenvalue weighted by molar-refractivity contribution is -0.150. The molecule has 20 heavy (non-hydrogen) atoms. The summed E-state index contributed by atoms with van der Waals surface area (Å²) < 4.78 is 4.80. The average Bonchev–Trinajstić information content (AvgIpc) is 2.82. The van der Waals surface area contributed by atoms with Gasteiger partial charge in [0.1, 0.15) is 5.54 Å². The predicted octanol–water partition coefficient (Wildman–Crippen LogP) is 0.917. The van der Waals surface area contributed by atoms with Crippen LogP contribution < -0.4 is 5.32 Å². The topological polar surface area (TPSA) is 109 Å². The number of urea groups is 1. The average molecular weight is 282 g/mol. The van der Waals surface area contributed by atoms with Crippen LogP contribution in [0.5, 0.6) is 0 Å². The maximum Gasteiger partial charge on any atom is 0.329 e. The van der Waals surface area contributed by atoms with Crippen molar-refractivity contribution in [1.29, 1.82) is 0 Å². The van der Waals surface area contributed by atoms with Crippen LogP contribution in [0.4, 0.5) is 4.79 Å². The Morgan fingerprint density at radius 1 is 1.50 bits per heavy atom. The SMILES string of the molecule is Cc1nc(CNC(=O)N2CCCCC2(C)C(=O)O)no1. The Morgan fingerprint density at radius 3 is 2.85 bits per heavy atom. The summed E-state index contributed by atoms with van der Waals surface area (Å²) in [5.41, 5.74) is -1.16. The van der Waals surface area contributed by atoms with E-state index in [4.69, 9.17) is 4.52 Å². The molecule has 110 valence electrons. The molecule has 1 saturated heterocycles. The molecule has 1 aliphatic heterocycles. The van der Waals surface area contributed by atoms with Gasteiger partial charge in [0.2, 0.25) is 5.89 Å². The first-order chi connectivity index (χ1) is 9.43. The van der Waals surface area contributed by atoms with E-state index in [0.29, 0.717) is 24.7 Å². The number of nitrogens with zero attached hydrogens (tertiary/aromatic N) is 3. The minimum atomic E-state index is -1.16. The van der Waals surface area contributed by atoms with Crippen LogP contribution in [0.15, 0.2) is 4.52 Å². The van der Waals surface area contributed by atoms with Crippen LogP contribution >= 0.6 is 0 Å². The van der Waals surface area contributed by atoms with Crippen LogP contribution in [0.1, 0.15) is 37.9 Å². The van der Waals surface area contributed by atoms with Crippen molar-refractivity contribution in [3.8, 4) is 0 Å². The standard InChI is InChI=1S/C12H18N4O4/c1-8-14-9(15-20-8)7-13-11(19)16-6-4-3-5-12(16,2)10(17)18/h3-7H2,1-2H3,(H,13,19)(H,17,18). The quantitative estimate of drug-likeness (QED) is 0.853. The highest BCUT2D eigenvalue weighted by Crippen LogP contribution is 2.28. The molecule has 0 radical (unpaired) electrons. The van der Waals surface area contributed by atoms with Gasteiger partial charge in [-0.3, -0.25) is 0 Å². The highest BCUT2D eigenvalue weighted by molar-refractivity contribution is 5.86. The van der Waals surface area contributed by atoms with Gasteiger partial charge >= 0.3 is 12.0 Å². The summed E-state index contributed by atoms with van der Waals surface area (Å²) in [6.45, 7) is 3.78. The molecule has 2 rings (SSSR count). The number of piperidine rings is 1. The third kappa shape index (κ3) is 2.73. The summed E-state index contributed by atoms with van der Waals surface area (Å²) in [5.74, 6) is -0.199. The molecule has 1 fully saturated rings. The minimum absolute atomic E-state index is 0.113. The maximum atomic E-state index is 12.2. The summed E-state index contributed by atoms with van der Waals surface area (Å²) in [7, 11) is 0. The van der Waals surface area contributed by atoms with E-state index in [9.17, 15) is 14.7 Å². The highest BCUT2D eigenvalue weighted by atomic mass is 16.5. The van der Waals surface area contributed by atoms with Crippen LogP contribution in [0.25, 0.3) is 0 Å². The zero-order valence-corrected chi connectivity index (χ0v) is 11.5. The van der Waals surface area contributed by atoms with Gasteiger partial charge in [0.05, 0.1) is 6.54 Å². The van der Waals surface area contributed by atoms with E-state index in [2.05, 4.69) is 15.5 Å². The second kappa shape index (κ2) is 5.48. The van der Waals surface area contributed by atoms with Gasteiger partial charge in [-0.15, -0.1) is 0 Å². The molecular weight excluding hydrogens is 264 g/mol. The molecule has 1 unspecified atom stereocenters. The third-order valence-corrected chi connectivity index (χ3v) is 3.56. The third-order valence-electron chi connectivity index (χ3n) is 3.56. The number of hydrogen-bond donors (Lipinski definition) is 2. The van der Waals surface area contributed by atoms with Crippen molar-refractivity contribution in [3.63, 3.8) is 0 Å². The number of carbonyl (C=O) groups is 2. The summed E-state index contributed by atoms with van der Waals surface area (Å²) in [5, 5.41) is 15.6. The van der Waals surface area contributed by atoms with Crippen LogP contribution in [-0.4, -0.2) is 44.2 Å².